The monoisotopic (exact) mass is 192 g/mol. The average Bonchev–Trinajstić information content (AvgIpc) is 1.79. The Morgan fingerprint density at radius 3 is 2.33 bits per heavy atom. The van der Waals surface area contributed by atoms with E-state index in [1.165, 1.54) is 19.3 Å². The van der Waals surface area contributed by atoms with E-state index in [9.17, 15) is 0 Å². The smallest absolute Gasteiger partial charge is 0.0526 e. The second-order valence-electron chi connectivity index (χ2n) is 2.92. The number of hydrogen-bond donors (Lipinski definition) is 0. The van der Waals surface area contributed by atoms with Crippen LogP contribution in [0, 0.1) is 5.41 Å². The van der Waals surface area contributed by atoms with Gasteiger partial charge in [-0.2, -0.15) is 0 Å². The van der Waals surface area contributed by atoms with E-state index in [-0.39, 0.29) is 0 Å². The van der Waals surface area contributed by atoms with Crippen LogP contribution >= 0.6 is 15.9 Å². The highest BCUT2D eigenvalue weighted by molar-refractivity contribution is 9.09. The molecule has 1 rings (SSSR count). The number of ether oxygens (including phenoxy) is 1. The fourth-order valence-corrected chi connectivity index (χ4v) is 2.02. The minimum atomic E-state index is 0.509. The zero-order chi connectivity index (χ0) is 6.74. The van der Waals surface area contributed by atoms with Crippen LogP contribution in [-0.4, -0.2) is 19.0 Å². The van der Waals surface area contributed by atoms with E-state index in [0.717, 1.165) is 11.9 Å². The maximum absolute atomic E-state index is 5.11. The highest BCUT2D eigenvalue weighted by Gasteiger charge is 2.35. The Morgan fingerprint density at radius 1 is 1.56 bits per heavy atom. The van der Waals surface area contributed by atoms with Crippen LogP contribution in [0.5, 0.6) is 0 Å². The standard InChI is InChI=1S/C7H13BrO/c1-9-6-7(5-8)3-2-4-7/h2-6H2,1H3. The Balaban J connectivity index is 2.28. The summed E-state index contributed by atoms with van der Waals surface area (Å²) in [6, 6.07) is 0. The first kappa shape index (κ1) is 7.55. The minimum absolute atomic E-state index is 0.509. The van der Waals surface area contributed by atoms with Gasteiger partial charge < -0.3 is 4.74 Å². The van der Waals surface area contributed by atoms with Crippen LogP contribution in [0.3, 0.4) is 0 Å². The van der Waals surface area contributed by atoms with Crippen molar-refractivity contribution in [2.75, 3.05) is 19.0 Å². The van der Waals surface area contributed by atoms with Crippen molar-refractivity contribution in [3.63, 3.8) is 0 Å². The van der Waals surface area contributed by atoms with E-state index < -0.39 is 0 Å². The molecular formula is C7H13BrO. The van der Waals surface area contributed by atoms with Crippen molar-refractivity contribution in [1.82, 2.24) is 0 Å². The zero-order valence-corrected chi connectivity index (χ0v) is 7.41. The Hall–Kier alpha value is 0.440. The van der Waals surface area contributed by atoms with E-state index >= 15 is 0 Å². The molecule has 0 spiro atoms. The SMILES string of the molecule is COCC1(CBr)CCC1. The molecule has 1 aliphatic carbocycles. The highest BCUT2D eigenvalue weighted by atomic mass is 79.9. The van der Waals surface area contributed by atoms with Gasteiger partial charge in [0.2, 0.25) is 0 Å². The topological polar surface area (TPSA) is 9.23 Å². The minimum Gasteiger partial charge on any atom is -0.384 e. The normalized spacial score (nSPS) is 23.3. The van der Waals surface area contributed by atoms with Crippen LogP contribution in [0.1, 0.15) is 19.3 Å². The number of rotatable bonds is 3. The van der Waals surface area contributed by atoms with E-state index in [0.29, 0.717) is 5.41 Å². The molecule has 0 atom stereocenters. The molecule has 0 aromatic heterocycles. The van der Waals surface area contributed by atoms with Gasteiger partial charge in [-0.3, -0.25) is 0 Å². The summed E-state index contributed by atoms with van der Waals surface area (Å²) in [4.78, 5) is 0. The fourth-order valence-electron chi connectivity index (χ4n) is 1.30. The van der Waals surface area contributed by atoms with Gasteiger partial charge in [-0.05, 0) is 12.8 Å². The summed E-state index contributed by atoms with van der Waals surface area (Å²) in [7, 11) is 1.78. The molecule has 0 heterocycles. The van der Waals surface area contributed by atoms with Gasteiger partial charge >= 0.3 is 0 Å². The molecule has 0 unspecified atom stereocenters. The molecule has 0 aromatic rings. The number of methoxy groups -OCH3 is 1. The number of hydrogen-bond acceptors (Lipinski definition) is 1. The molecule has 1 aliphatic rings. The van der Waals surface area contributed by atoms with Crippen LogP contribution in [0.4, 0.5) is 0 Å². The van der Waals surface area contributed by atoms with Gasteiger partial charge in [-0.15, -0.1) is 0 Å². The fraction of sp³-hybridized carbons (Fsp3) is 1.00. The van der Waals surface area contributed by atoms with Gasteiger partial charge in [-0.1, -0.05) is 22.4 Å². The second kappa shape index (κ2) is 3.02. The van der Waals surface area contributed by atoms with E-state index in [4.69, 9.17) is 4.74 Å². The van der Waals surface area contributed by atoms with E-state index in [1.54, 1.807) is 7.11 Å². The van der Waals surface area contributed by atoms with Crippen molar-refractivity contribution in [2.45, 2.75) is 19.3 Å². The van der Waals surface area contributed by atoms with Gasteiger partial charge in [0, 0.05) is 17.9 Å². The Kier molecular flexibility index (Phi) is 2.53. The molecule has 0 N–H and O–H groups in total. The van der Waals surface area contributed by atoms with Crippen LogP contribution in [-0.2, 0) is 4.74 Å². The summed E-state index contributed by atoms with van der Waals surface area (Å²) in [6.07, 6.45) is 4.06. The lowest BCUT2D eigenvalue weighted by atomic mass is 9.71. The van der Waals surface area contributed by atoms with E-state index in [2.05, 4.69) is 15.9 Å². The maximum atomic E-state index is 5.11. The van der Waals surface area contributed by atoms with Crippen molar-refractivity contribution in [3.05, 3.63) is 0 Å². The molecule has 2 heteroatoms. The third-order valence-electron chi connectivity index (χ3n) is 2.15. The highest BCUT2D eigenvalue weighted by Crippen LogP contribution is 2.42. The summed E-state index contributed by atoms with van der Waals surface area (Å²) in [5.74, 6) is 0. The number of alkyl halides is 1. The van der Waals surface area contributed by atoms with Gasteiger partial charge in [0.25, 0.3) is 0 Å². The lowest BCUT2D eigenvalue weighted by Gasteiger charge is -2.39. The zero-order valence-electron chi connectivity index (χ0n) is 5.82. The molecule has 54 valence electrons. The van der Waals surface area contributed by atoms with Crippen LogP contribution in [0.2, 0.25) is 0 Å². The molecule has 9 heavy (non-hydrogen) atoms. The van der Waals surface area contributed by atoms with Crippen molar-refractivity contribution in [3.8, 4) is 0 Å². The second-order valence-corrected chi connectivity index (χ2v) is 3.48. The Labute approximate surface area is 64.9 Å². The van der Waals surface area contributed by atoms with Crippen LogP contribution in [0.15, 0.2) is 0 Å². The van der Waals surface area contributed by atoms with Crippen molar-refractivity contribution in [1.29, 1.82) is 0 Å². The molecule has 1 fully saturated rings. The van der Waals surface area contributed by atoms with Crippen molar-refractivity contribution in [2.24, 2.45) is 5.41 Å². The Morgan fingerprint density at radius 2 is 2.22 bits per heavy atom. The molecule has 0 saturated heterocycles. The largest absolute Gasteiger partial charge is 0.384 e. The third kappa shape index (κ3) is 1.47. The summed E-state index contributed by atoms with van der Waals surface area (Å²) in [5.41, 5.74) is 0.509. The van der Waals surface area contributed by atoms with Crippen molar-refractivity contribution < 1.29 is 4.74 Å². The first-order chi connectivity index (χ1) is 4.33. The van der Waals surface area contributed by atoms with Gasteiger partial charge in [0.1, 0.15) is 0 Å². The van der Waals surface area contributed by atoms with Crippen LogP contribution in [0.25, 0.3) is 0 Å². The molecule has 0 radical (unpaired) electrons. The summed E-state index contributed by atoms with van der Waals surface area (Å²) in [6.45, 7) is 0.929. The third-order valence-corrected chi connectivity index (χ3v) is 3.34. The van der Waals surface area contributed by atoms with Crippen molar-refractivity contribution >= 4 is 15.9 Å². The lowest BCUT2D eigenvalue weighted by Crippen LogP contribution is -2.35. The van der Waals surface area contributed by atoms with Gasteiger partial charge in [0.15, 0.2) is 0 Å². The predicted molar refractivity (Wildman–Crippen MR) is 42.0 cm³/mol. The Bertz CT molecular complexity index is 83.4. The maximum Gasteiger partial charge on any atom is 0.0526 e. The molecule has 0 bridgehead atoms. The van der Waals surface area contributed by atoms with E-state index in [1.807, 2.05) is 0 Å². The first-order valence-electron chi connectivity index (χ1n) is 3.38. The summed E-state index contributed by atoms with van der Waals surface area (Å²) in [5, 5.41) is 1.10. The lowest BCUT2D eigenvalue weighted by molar-refractivity contribution is 0.0381. The molecule has 0 aromatic carbocycles. The number of halogens is 1. The van der Waals surface area contributed by atoms with Crippen LogP contribution < -0.4 is 0 Å². The summed E-state index contributed by atoms with van der Waals surface area (Å²) >= 11 is 3.50. The molecular weight excluding hydrogens is 180 g/mol. The quantitative estimate of drug-likeness (QED) is 0.624. The average molecular weight is 193 g/mol. The van der Waals surface area contributed by atoms with Gasteiger partial charge in [0.05, 0.1) is 6.61 Å². The summed E-state index contributed by atoms with van der Waals surface area (Å²) < 4.78 is 5.11. The van der Waals surface area contributed by atoms with Gasteiger partial charge in [-0.25, -0.2) is 0 Å². The predicted octanol–water partition coefficient (Wildman–Crippen LogP) is 2.20. The first-order valence-corrected chi connectivity index (χ1v) is 4.50. The molecule has 1 nitrogen and oxygen atoms in total. The molecule has 1 saturated carbocycles. The molecule has 0 aliphatic heterocycles. The molecule has 0 amide bonds.